The molecule has 1 aromatic heterocycles. The monoisotopic (exact) mass is 279 g/mol. The molecule has 0 saturated heterocycles. The van der Waals surface area contributed by atoms with Crippen molar-refractivity contribution in [3.8, 4) is 5.88 Å². The summed E-state index contributed by atoms with van der Waals surface area (Å²) >= 11 is 0. The topological polar surface area (TPSA) is 47.0 Å². The molecule has 6 heteroatoms. The van der Waals surface area contributed by atoms with Gasteiger partial charge in [0.25, 0.3) is 0 Å². The SMILES string of the molecule is CC(C)Oc1ccnc(NCc2ccc(F)cc2F)n1. The second-order valence-corrected chi connectivity index (χ2v) is 4.47. The molecule has 0 unspecified atom stereocenters. The first kappa shape index (κ1) is 14.2. The first-order chi connectivity index (χ1) is 9.54. The smallest absolute Gasteiger partial charge is 0.226 e. The summed E-state index contributed by atoms with van der Waals surface area (Å²) in [5.41, 5.74) is 0.338. The Morgan fingerprint density at radius 3 is 2.75 bits per heavy atom. The molecule has 1 heterocycles. The van der Waals surface area contributed by atoms with E-state index in [1.165, 1.54) is 12.1 Å². The molecule has 0 radical (unpaired) electrons. The highest BCUT2D eigenvalue weighted by molar-refractivity contribution is 5.30. The Labute approximate surface area is 115 Å². The quantitative estimate of drug-likeness (QED) is 0.913. The van der Waals surface area contributed by atoms with E-state index < -0.39 is 11.6 Å². The molecular weight excluding hydrogens is 264 g/mol. The van der Waals surface area contributed by atoms with Gasteiger partial charge in [0.1, 0.15) is 11.6 Å². The van der Waals surface area contributed by atoms with E-state index in [2.05, 4.69) is 15.3 Å². The summed E-state index contributed by atoms with van der Waals surface area (Å²) in [6.07, 6.45) is 1.56. The summed E-state index contributed by atoms with van der Waals surface area (Å²) in [6, 6.07) is 5.07. The summed E-state index contributed by atoms with van der Waals surface area (Å²) < 4.78 is 31.7. The fraction of sp³-hybridized carbons (Fsp3) is 0.286. The zero-order chi connectivity index (χ0) is 14.5. The number of nitrogens with one attached hydrogen (secondary N) is 1. The predicted octanol–water partition coefficient (Wildman–Crippen LogP) is 3.15. The third-order valence-corrected chi connectivity index (χ3v) is 2.44. The molecule has 2 rings (SSSR count). The van der Waals surface area contributed by atoms with Crippen molar-refractivity contribution in [2.75, 3.05) is 5.32 Å². The third kappa shape index (κ3) is 3.88. The van der Waals surface area contributed by atoms with Gasteiger partial charge in [0.05, 0.1) is 6.10 Å². The van der Waals surface area contributed by atoms with Crippen LogP contribution in [0.4, 0.5) is 14.7 Å². The fourth-order valence-electron chi connectivity index (χ4n) is 1.57. The lowest BCUT2D eigenvalue weighted by atomic mass is 10.2. The van der Waals surface area contributed by atoms with Crippen LogP contribution in [0.15, 0.2) is 30.5 Å². The van der Waals surface area contributed by atoms with E-state index in [0.717, 1.165) is 6.07 Å². The number of rotatable bonds is 5. The van der Waals surface area contributed by atoms with Gasteiger partial charge in [-0.25, -0.2) is 13.8 Å². The molecule has 1 aromatic carbocycles. The van der Waals surface area contributed by atoms with Crippen LogP contribution in [0.2, 0.25) is 0 Å². The fourth-order valence-corrected chi connectivity index (χ4v) is 1.57. The van der Waals surface area contributed by atoms with E-state index in [9.17, 15) is 8.78 Å². The van der Waals surface area contributed by atoms with Gasteiger partial charge < -0.3 is 10.1 Å². The maximum Gasteiger partial charge on any atom is 0.226 e. The third-order valence-electron chi connectivity index (χ3n) is 2.44. The number of aromatic nitrogens is 2. The van der Waals surface area contributed by atoms with Crippen LogP contribution in [0.25, 0.3) is 0 Å². The van der Waals surface area contributed by atoms with Crippen molar-refractivity contribution in [3.05, 3.63) is 47.7 Å². The largest absolute Gasteiger partial charge is 0.475 e. The summed E-state index contributed by atoms with van der Waals surface area (Å²) in [6.45, 7) is 3.95. The van der Waals surface area contributed by atoms with Gasteiger partial charge in [0, 0.05) is 30.4 Å². The number of halogens is 2. The predicted molar refractivity (Wildman–Crippen MR) is 71.5 cm³/mol. The molecule has 0 aliphatic rings. The van der Waals surface area contributed by atoms with E-state index in [0.29, 0.717) is 17.4 Å². The van der Waals surface area contributed by atoms with Crippen molar-refractivity contribution in [3.63, 3.8) is 0 Å². The number of benzene rings is 1. The number of ether oxygens (including phenoxy) is 1. The molecule has 0 bridgehead atoms. The highest BCUT2D eigenvalue weighted by Crippen LogP contribution is 2.13. The molecule has 2 aromatic rings. The van der Waals surface area contributed by atoms with Gasteiger partial charge in [-0.05, 0) is 19.9 Å². The van der Waals surface area contributed by atoms with E-state index in [1.807, 2.05) is 13.8 Å². The Hall–Kier alpha value is -2.24. The van der Waals surface area contributed by atoms with Crippen molar-refractivity contribution in [1.29, 1.82) is 0 Å². The van der Waals surface area contributed by atoms with Crippen LogP contribution < -0.4 is 10.1 Å². The second kappa shape index (κ2) is 6.27. The summed E-state index contributed by atoms with van der Waals surface area (Å²) in [5.74, 6) is -0.439. The minimum Gasteiger partial charge on any atom is -0.475 e. The minimum atomic E-state index is -0.605. The molecule has 0 saturated carbocycles. The Balaban J connectivity index is 2.03. The van der Waals surface area contributed by atoms with E-state index in [-0.39, 0.29) is 12.6 Å². The highest BCUT2D eigenvalue weighted by atomic mass is 19.1. The van der Waals surface area contributed by atoms with Crippen molar-refractivity contribution in [1.82, 2.24) is 9.97 Å². The minimum absolute atomic E-state index is 0.00675. The summed E-state index contributed by atoms with van der Waals surface area (Å²) in [7, 11) is 0. The number of hydrogen-bond donors (Lipinski definition) is 1. The zero-order valence-electron chi connectivity index (χ0n) is 11.2. The van der Waals surface area contributed by atoms with Crippen molar-refractivity contribution >= 4 is 5.95 Å². The van der Waals surface area contributed by atoms with Gasteiger partial charge >= 0.3 is 0 Å². The van der Waals surface area contributed by atoms with Crippen LogP contribution in [0.1, 0.15) is 19.4 Å². The molecule has 0 spiro atoms. The Morgan fingerprint density at radius 2 is 2.05 bits per heavy atom. The van der Waals surface area contributed by atoms with E-state index in [1.54, 1.807) is 12.3 Å². The standard InChI is InChI=1S/C14H15F2N3O/c1-9(2)20-13-5-6-17-14(19-13)18-8-10-3-4-11(15)7-12(10)16/h3-7,9H,8H2,1-2H3,(H,17,18,19). The van der Waals surface area contributed by atoms with Gasteiger partial charge in [0.2, 0.25) is 11.8 Å². The average Bonchev–Trinajstić information content (AvgIpc) is 2.37. The Bertz CT molecular complexity index is 590. The van der Waals surface area contributed by atoms with Crippen molar-refractivity contribution in [2.45, 2.75) is 26.5 Å². The first-order valence-electron chi connectivity index (χ1n) is 6.22. The van der Waals surface area contributed by atoms with E-state index in [4.69, 9.17) is 4.74 Å². The maximum absolute atomic E-state index is 13.5. The molecule has 0 aliphatic carbocycles. The molecular formula is C14H15F2N3O. The molecule has 20 heavy (non-hydrogen) atoms. The van der Waals surface area contributed by atoms with Crippen LogP contribution >= 0.6 is 0 Å². The lowest BCUT2D eigenvalue weighted by molar-refractivity contribution is 0.232. The van der Waals surface area contributed by atoms with Gasteiger partial charge in [0.15, 0.2) is 0 Å². The molecule has 106 valence electrons. The second-order valence-electron chi connectivity index (χ2n) is 4.47. The molecule has 1 N–H and O–H groups in total. The molecule has 4 nitrogen and oxygen atoms in total. The first-order valence-corrected chi connectivity index (χ1v) is 6.22. The van der Waals surface area contributed by atoms with Crippen molar-refractivity contribution < 1.29 is 13.5 Å². The van der Waals surface area contributed by atoms with Crippen LogP contribution in [-0.4, -0.2) is 16.1 Å². The maximum atomic E-state index is 13.5. The summed E-state index contributed by atoms with van der Waals surface area (Å²) in [4.78, 5) is 8.14. The van der Waals surface area contributed by atoms with Gasteiger partial charge in [-0.1, -0.05) is 6.07 Å². The van der Waals surface area contributed by atoms with Gasteiger partial charge in [-0.2, -0.15) is 4.98 Å². The van der Waals surface area contributed by atoms with Crippen LogP contribution in [-0.2, 0) is 6.54 Å². The lowest BCUT2D eigenvalue weighted by Crippen LogP contribution is -2.09. The van der Waals surface area contributed by atoms with Crippen molar-refractivity contribution in [2.24, 2.45) is 0 Å². The summed E-state index contributed by atoms with van der Waals surface area (Å²) in [5, 5.41) is 2.87. The van der Waals surface area contributed by atoms with Gasteiger partial charge in [-0.15, -0.1) is 0 Å². The Kier molecular flexibility index (Phi) is 4.45. The van der Waals surface area contributed by atoms with Crippen LogP contribution in [0.5, 0.6) is 5.88 Å². The average molecular weight is 279 g/mol. The lowest BCUT2D eigenvalue weighted by Gasteiger charge is -2.10. The molecule has 0 atom stereocenters. The van der Waals surface area contributed by atoms with Crippen LogP contribution in [0, 0.1) is 11.6 Å². The number of anilines is 1. The van der Waals surface area contributed by atoms with Gasteiger partial charge in [-0.3, -0.25) is 0 Å². The number of hydrogen-bond acceptors (Lipinski definition) is 4. The number of nitrogens with zero attached hydrogens (tertiary/aromatic N) is 2. The van der Waals surface area contributed by atoms with E-state index >= 15 is 0 Å². The normalized spacial score (nSPS) is 10.7. The molecule has 0 amide bonds. The zero-order valence-corrected chi connectivity index (χ0v) is 11.2. The molecule has 0 fully saturated rings. The highest BCUT2D eigenvalue weighted by Gasteiger charge is 2.06. The van der Waals surface area contributed by atoms with Crippen LogP contribution in [0.3, 0.4) is 0 Å². The molecule has 0 aliphatic heterocycles. The Morgan fingerprint density at radius 1 is 1.25 bits per heavy atom.